The van der Waals surface area contributed by atoms with Crippen LogP contribution in [0.1, 0.15) is 16.7 Å². The fourth-order valence-corrected chi connectivity index (χ4v) is 3.52. The molecule has 0 saturated heterocycles. The van der Waals surface area contributed by atoms with E-state index in [-0.39, 0.29) is 22.9 Å². The molecular weight excluding hydrogens is 478 g/mol. The molecule has 3 aromatic rings. The summed E-state index contributed by atoms with van der Waals surface area (Å²) in [7, 11) is 7.48. The molecule has 3 aromatic carbocycles. The quantitative estimate of drug-likeness (QED) is 0.200. The van der Waals surface area contributed by atoms with Gasteiger partial charge in [0.15, 0.2) is 34.5 Å². The van der Waals surface area contributed by atoms with Crippen LogP contribution in [0, 0.1) is 0 Å². The average molecular weight is 508 g/mol. The van der Waals surface area contributed by atoms with E-state index in [9.17, 15) is 15.0 Å². The minimum Gasteiger partial charge on any atom is -0.504 e. The Labute approximate surface area is 215 Å². The molecule has 0 fully saturated rings. The Kier molecular flexibility index (Phi) is 8.88. The van der Waals surface area contributed by atoms with Gasteiger partial charge in [-0.2, -0.15) is 0 Å². The number of ether oxygens (including phenoxy) is 5. The zero-order valence-electron chi connectivity index (χ0n) is 21.2. The number of amides is 1. The topological polar surface area (TPSA) is 116 Å². The molecule has 0 aliphatic carbocycles. The lowest BCUT2D eigenvalue weighted by molar-refractivity contribution is -0.111. The van der Waals surface area contributed by atoms with Gasteiger partial charge in [-0.3, -0.25) is 4.79 Å². The van der Waals surface area contributed by atoms with E-state index >= 15 is 0 Å². The summed E-state index contributed by atoms with van der Waals surface area (Å²) in [5.41, 5.74) is 2.19. The minimum absolute atomic E-state index is 0.0426. The smallest absolute Gasteiger partial charge is 0.248 e. The Hall–Kier alpha value is -4.79. The Bertz CT molecular complexity index is 1300. The van der Waals surface area contributed by atoms with E-state index in [0.717, 1.165) is 5.56 Å². The van der Waals surface area contributed by atoms with Crippen LogP contribution in [0.3, 0.4) is 0 Å². The van der Waals surface area contributed by atoms with Gasteiger partial charge in [-0.25, -0.2) is 0 Å². The zero-order valence-corrected chi connectivity index (χ0v) is 21.2. The summed E-state index contributed by atoms with van der Waals surface area (Å²) in [4.78, 5) is 12.5. The third kappa shape index (κ3) is 6.46. The van der Waals surface area contributed by atoms with E-state index in [1.54, 1.807) is 42.5 Å². The van der Waals surface area contributed by atoms with Gasteiger partial charge in [0.1, 0.15) is 0 Å². The van der Waals surface area contributed by atoms with Crippen LogP contribution in [0.2, 0.25) is 0 Å². The zero-order chi connectivity index (χ0) is 26.9. The molecule has 0 bridgehead atoms. The molecule has 3 N–H and O–H groups in total. The Morgan fingerprint density at radius 1 is 0.676 bits per heavy atom. The fraction of sp³-hybridized carbons (Fsp3) is 0.179. The summed E-state index contributed by atoms with van der Waals surface area (Å²) in [6.07, 6.45) is 6.41. The van der Waals surface area contributed by atoms with Gasteiger partial charge >= 0.3 is 0 Å². The first kappa shape index (κ1) is 26.8. The molecule has 3 rings (SSSR count). The van der Waals surface area contributed by atoms with E-state index in [1.165, 1.54) is 53.8 Å². The van der Waals surface area contributed by atoms with Gasteiger partial charge in [0, 0.05) is 6.08 Å². The van der Waals surface area contributed by atoms with E-state index < -0.39 is 5.91 Å². The fourth-order valence-electron chi connectivity index (χ4n) is 3.52. The van der Waals surface area contributed by atoms with Crippen LogP contribution < -0.4 is 29.0 Å². The molecular formula is C28H29NO8. The van der Waals surface area contributed by atoms with Crippen LogP contribution in [0.25, 0.3) is 18.2 Å². The highest BCUT2D eigenvalue weighted by atomic mass is 16.5. The normalized spacial score (nSPS) is 10.9. The molecule has 0 saturated carbocycles. The molecule has 194 valence electrons. The summed E-state index contributed by atoms with van der Waals surface area (Å²) < 4.78 is 26.4. The van der Waals surface area contributed by atoms with Gasteiger partial charge < -0.3 is 39.2 Å². The number of carbonyl (C=O) groups is 1. The van der Waals surface area contributed by atoms with Crippen molar-refractivity contribution in [1.82, 2.24) is 0 Å². The lowest BCUT2D eigenvalue weighted by Gasteiger charge is -2.13. The second kappa shape index (κ2) is 12.3. The Balaban J connectivity index is 1.85. The number of anilines is 1. The molecule has 0 aromatic heterocycles. The molecule has 37 heavy (non-hydrogen) atoms. The summed E-state index contributed by atoms with van der Waals surface area (Å²) in [6, 6.07) is 11.6. The maximum absolute atomic E-state index is 12.5. The maximum Gasteiger partial charge on any atom is 0.248 e. The second-order valence-corrected chi connectivity index (χ2v) is 7.67. The SMILES string of the molecule is COc1ccc(/C=C/C(=O)Nc2cc(C=Cc3cc(OC)c(OC)c(OC)c3)cc(OC)c2O)cc1O. The summed E-state index contributed by atoms with van der Waals surface area (Å²) in [5.74, 6) is 1.27. The Morgan fingerprint density at radius 2 is 1.24 bits per heavy atom. The van der Waals surface area contributed by atoms with Gasteiger partial charge in [-0.1, -0.05) is 18.2 Å². The van der Waals surface area contributed by atoms with E-state index in [2.05, 4.69) is 5.32 Å². The summed E-state index contributed by atoms with van der Waals surface area (Å²) >= 11 is 0. The number of phenolic OH excluding ortho intramolecular Hbond substituents is 2. The monoisotopic (exact) mass is 507 g/mol. The number of hydrogen-bond donors (Lipinski definition) is 3. The number of aromatic hydroxyl groups is 2. The highest BCUT2D eigenvalue weighted by molar-refractivity contribution is 6.03. The van der Waals surface area contributed by atoms with Crippen molar-refractivity contribution in [2.24, 2.45) is 0 Å². The van der Waals surface area contributed by atoms with Crippen molar-refractivity contribution in [3.05, 3.63) is 65.2 Å². The molecule has 0 unspecified atom stereocenters. The summed E-state index contributed by atoms with van der Waals surface area (Å²) in [5, 5.41) is 23.1. The number of nitrogens with one attached hydrogen (secondary N) is 1. The van der Waals surface area contributed by atoms with Gasteiger partial charge in [0.25, 0.3) is 0 Å². The van der Waals surface area contributed by atoms with Crippen molar-refractivity contribution in [2.75, 3.05) is 40.9 Å². The molecule has 1 amide bonds. The van der Waals surface area contributed by atoms with Gasteiger partial charge in [-0.05, 0) is 59.2 Å². The lowest BCUT2D eigenvalue weighted by atomic mass is 10.1. The van der Waals surface area contributed by atoms with Gasteiger partial charge in [0.2, 0.25) is 11.7 Å². The van der Waals surface area contributed by atoms with E-state index in [4.69, 9.17) is 23.7 Å². The molecule has 9 heteroatoms. The van der Waals surface area contributed by atoms with Crippen LogP contribution >= 0.6 is 0 Å². The largest absolute Gasteiger partial charge is 0.504 e. The van der Waals surface area contributed by atoms with Crippen LogP contribution in [0.15, 0.2) is 48.5 Å². The third-order valence-corrected chi connectivity index (χ3v) is 5.36. The number of rotatable bonds is 10. The lowest BCUT2D eigenvalue weighted by Crippen LogP contribution is -2.08. The molecule has 9 nitrogen and oxygen atoms in total. The van der Waals surface area contributed by atoms with Crippen molar-refractivity contribution in [2.45, 2.75) is 0 Å². The van der Waals surface area contributed by atoms with Crippen molar-refractivity contribution in [3.8, 4) is 40.2 Å². The predicted molar refractivity (Wildman–Crippen MR) is 142 cm³/mol. The maximum atomic E-state index is 12.5. The summed E-state index contributed by atoms with van der Waals surface area (Å²) in [6.45, 7) is 0. The van der Waals surface area contributed by atoms with Crippen molar-refractivity contribution >= 4 is 29.8 Å². The molecule has 0 aliphatic heterocycles. The highest BCUT2D eigenvalue weighted by Gasteiger charge is 2.14. The first-order valence-corrected chi connectivity index (χ1v) is 11.1. The standard InChI is InChI=1S/C28H29NO8/c1-33-22-10-8-17(13-21(22)30)9-11-26(31)29-20-12-18(14-23(34-2)27(20)32)6-7-19-15-24(35-3)28(37-5)25(16-19)36-4/h6-16,30,32H,1-5H3,(H,29,31)/b7-6?,11-9+. The van der Waals surface area contributed by atoms with Crippen LogP contribution in [0.4, 0.5) is 5.69 Å². The number of carbonyl (C=O) groups excluding carboxylic acids is 1. The number of phenols is 2. The first-order valence-electron chi connectivity index (χ1n) is 11.1. The number of benzene rings is 3. The molecule has 0 heterocycles. The molecule has 0 radical (unpaired) electrons. The average Bonchev–Trinajstić information content (AvgIpc) is 2.91. The van der Waals surface area contributed by atoms with Gasteiger partial charge in [-0.15, -0.1) is 0 Å². The van der Waals surface area contributed by atoms with Crippen LogP contribution in [0.5, 0.6) is 40.2 Å². The number of hydrogen-bond acceptors (Lipinski definition) is 8. The van der Waals surface area contributed by atoms with Crippen molar-refractivity contribution in [1.29, 1.82) is 0 Å². The van der Waals surface area contributed by atoms with Crippen LogP contribution in [-0.4, -0.2) is 51.7 Å². The van der Waals surface area contributed by atoms with Gasteiger partial charge in [0.05, 0.1) is 41.2 Å². The van der Waals surface area contributed by atoms with E-state index in [1.807, 2.05) is 6.08 Å². The molecule has 0 atom stereocenters. The molecule has 0 spiro atoms. The van der Waals surface area contributed by atoms with Crippen LogP contribution in [-0.2, 0) is 4.79 Å². The van der Waals surface area contributed by atoms with Crippen molar-refractivity contribution in [3.63, 3.8) is 0 Å². The second-order valence-electron chi connectivity index (χ2n) is 7.67. The highest BCUT2D eigenvalue weighted by Crippen LogP contribution is 2.39. The minimum atomic E-state index is -0.488. The third-order valence-electron chi connectivity index (χ3n) is 5.36. The predicted octanol–water partition coefficient (Wildman–Crippen LogP) is 4.96. The first-order chi connectivity index (χ1) is 17.8. The Morgan fingerprint density at radius 3 is 1.78 bits per heavy atom. The molecule has 0 aliphatic rings. The van der Waals surface area contributed by atoms with E-state index in [0.29, 0.717) is 34.1 Å². The van der Waals surface area contributed by atoms with Crippen molar-refractivity contribution < 1.29 is 38.7 Å². The number of methoxy groups -OCH3 is 5.